The van der Waals surface area contributed by atoms with Gasteiger partial charge in [-0.1, -0.05) is 6.42 Å². The smallest absolute Gasteiger partial charge is 0.229 e. The maximum absolute atomic E-state index is 12.3. The van der Waals surface area contributed by atoms with Crippen molar-refractivity contribution in [3.05, 3.63) is 0 Å². The van der Waals surface area contributed by atoms with Crippen LogP contribution in [0.25, 0.3) is 0 Å². The standard InChI is InChI=1S/C13H26N2O/c1-12(2,13(3,4)14)11(16)15(5)9-10-7-6-8-10/h10H,6-9,14H2,1-5H3. The van der Waals surface area contributed by atoms with Crippen LogP contribution < -0.4 is 5.73 Å². The fraction of sp³-hybridized carbons (Fsp3) is 0.923. The second kappa shape index (κ2) is 4.36. The Morgan fingerprint density at radius 1 is 1.31 bits per heavy atom. The van der Waals surface area contributed by atoms with Crippen molar-refractivity contribution in [2.24, 2.45) is 17.1 Å². The monoisotopic (exact) mass is 226 g/mol. The van der Waals surface area contributed by atoms with Gasteiger partial charge >= 0.3 is 0 Å². The van der Waals surface area contributed by atoms with Gasteiger partial charge in [-0.05, 0) is 46.5 Å². The highest BCUT2D eigenvalue weighted by Crippen LogP contribution is 2.32. The molecule has 2 N–H and O–H groups in total. The van der Waals surface area contributed by atoms with Gasteiger partial charge in [0.1, 0.15) is 0 Å². The Hall–Kier alpha value is -0.570. The van der Waals surface area contributed by atoms with Gasteiger partial charge in [-0.2, -0.15) is 0 Å². The van der Waals surface area contributed by atoms with Crippen molar-refractivity contribution in [1.29, 1.82) is 0 Å². The Kier molecular flexibility index (Phi) is 3.68. The predicted octanol–water partition coefficient (Wildman–Crippen LogP) is 2.01. The number of hydrogen-bond acceptors (Lipinski definition) is 2. The molecule has 0 unspecified atom stereocenters. The molecule has 1 saturated carbocycles. The van der Waals surface area contributed by atoms with Crippen LogP contribution in [0.1, 0.15) is 47.0 Å². The lowest BCUT2D eigenvalue weighted by atomic mass is 9.74. The molecule has 0 atom stereocenters. The predicted molar refractivity (Wildman–Crippen MR) is 67.0 cm³/mol. The van der Waals surface area contributed by atoms with Crippen molar-refractivity contribution in [1.82, 2.24) is 4.90 Å². The highest BCUT2D eigenvalue weighted by molar-refractivity contribution is 5.83. The molecule has 0 heterocycles. The van der Waals surface area contributed by atoms with E-state index in [0.717, 1.165) is 6.54 Å². The van der Waals surface area contributed by atoms with Crippen molar-refractivity contribution in [2.75, 3.05) is 13.6 Å². The fourth-order valence-corrected chi connectivity index (χ4v) is 1.90. The third kappa shape index (κ3) is 2.57. The Bertz CT molecular complexity index is 262. The first-order valence-corrected chi connectivity index (χ1v) is 6.20. The Balaban J connectivity index is 2.61. The van der Waals surface area contributed by atoms with E-state index in [9.17, 15) is 4.79 Å². The van der Waals surface area contributed by atoms with E-state index in [1.807, 2.05) is 39.6 Å². The summed E-state index contributed by atoms with van der Waals surface area (Å²) in [6, 6.07) is 0. The third-order valence-electron chi connectivity index (χ3n) is 4.25. The quantitative estimate of drug-likeness (QED) is 0.797. The van der Waals surface area contributed by atoms with E-state index in [1.165, 1.54) is 19.3 Å². The van der Waals surface area contributed by atoms with Crippen LogP contribution in [0.5, 0.6) is 0 Å². The van der Waals surface area contributed by atoms with Gasteiger partial charge in [0.05, 0.1) is 5.41 Å². The zero-order valence-electron chi connectivity index (χ0n) is 11.3. The van der Waals surface area contributed by atoms with Crippen LogP contribution in [-0.4, -0.2) is 29.9 Å². The van der Waals surface area contributed by atoms with Crippen molar-refractivity contribution in [2.45, 2.75) is 52.5 Å². The first-order chi connectivity index (χ1) is 7.16. The average Bonchev–Trinajstić information content (AvgIpc) is 2.07. The van der Waals surface area contributed by atoms with Crippen LogP contribution in [0.4, 0.5) is 0 Å². The molecule has 0 aliphatic heterocycles. The Morgan fingerprint density at radius 2 is 1.81 bits per heavy atom. The van der Waals surface area contributed by atoms with Crippen LogP contribution in [0, 0.1) is 11.3 Å². The van der Waals surface area contributed by atoms with Gasteiger partial charge in [0.25, 0.3) is 0 Å². The minimum Gasteiger partial charge on any atom is -0.345 e. The SMILES string of the molecule is CN(CC1CCC1)C(=O)C(C)(C)C(C)(C)N. The van der Waals surface area contributed by atoms with Gasteiger partial charge in [-0.15, -0.1) is 0 Å². The third-order valence-corrected chi connectivity index (χ3v) is 4.25. The van der Waals surface area contributed by atoms with Gasteiger partial charge in [-0.3, -0.25) is 4.79 Å². The van der Waals surface area contributed by atoms with E-state index in [0.29, 0.717) is 5.92 Å². The van der Waals surface area contributed by atoms with Crippen LogP contribution in [0.3, 0.4) is 0 Å². The zero-order valence-corrected chi connectivity index (χ0v) is 11.3. The zero-order chi connectivity index (χ0) is 12.6. The van der Waals surface area contributed by atoms with Gasteiger partial charge in [0.15, 0.2) is 0 Å². The number of nitrogens with two attached hydrogens (primary N) is 1. The maximum atomic E-state index is 12.3. The van der Waals surface area contributed by atoms with E-state index in [2.05, 4.69) is 0 Å². The first kappa shape index (κ1) is 13.5. The molecule has 0 aromatic carbocycles. The summed E-state index contributed by atoms with van der Waals surface area (Å²) >= 11 is 0. The lowest BCUT2D eigenvalue weighted by Gasteiger charge is -2.41. The van der Waals surface area contributed by atoms with Gasteiger partial charge in [-0.25, -0.2) is 0 Å². The van der Waals surface area contributed by atoms with Gasteiger partial charge in [0.2, 0.25) is 5.91 Å². The van der Waals surface area contributed by atoms with Crippen LogP contribution >= 0.6 is 0 Å². The van der Waals surface area contributed by atoms with E-state index >= 15 is 0 Å². The molecule has 3 heteroatoms. The second-order valence-corrected chi connectivity index (χ2v) is 6.33. The van der Waals surface area contributed by atoms with E-state index in [-0.39, 0.29) is 5.91 Å². The molecule has 16 heavy (non-hydrogen) atoms. The van der Waals surface area contributed by atoms with Gasteiger partial charge < -0.3 is 10.6 Å². The van der Waals surface area contributed by atoms with Crippen LogP contribution in [0.15, 0.2) is 0 Å². The number of carbonyl (C=O) groups is 1. The summed E-state index contributed by atoms with van der Waals surface area (Å²) in [5.41, 5.74) is 5.09. The summed E-state index contributed by atoms with van der Waals surface area (Å²) in [7, 11) is 1.90. The first-order valence-electron chi connectivity index (χ1n) is 6.20. The number of carbonyl (C=O) groups excluding carboxylic acids is 1. The molecule has 1 aliphatic carbocycles. The second-order valence-electron chi connectivity index (χ2n) is 6.33. The Labute approximate surface area is 99.4 Å². The molecule has 94 valence electrons. The average molecular weight is 226 g/mol. The summed E-state index contributed by atoms with van der Waals surface area (Å²) in [6.07, 6.45) is 3.85. The molecule has 0 aromatic heterocycles. The molecular weight excluding hydrogens is 200 g/mol. The highest BCUT2D eigenvalue weighted by atomic mass is 16.2. The molecule has 0 radical (unpaired) electrons. The van der Waals surface area contributed by atoms with E-state index in [4.69, 9.17) is 5.73 Å². The Morgan fingerprint density at radius 3 is 2.12 bits per heavy atom. The molecule has 0 aromatic rings. The van der Waals surface area contributed by atoms with Crippen LogP contribution in [-0.2, 0) is 4.79 Å². The number of nitrogens with zero attached hydrogens (tertiary/aromatic N) is 1. The summed E-state index contributed by atoms with van der Waals surface area (Å²) in [5.74, 6) is 0.873. The maximum Gasteiger partial charge on any atom is 0.229 e. The minimum atomic E-state index is -0.508. The van der Waals surface area contributed by atoms with Crippen molar-refractivity contribution < 1.29 is 4.79 Å². The number of hydrogen-bond donors (Lipinski definition) is 1. The topological polar surface area (TPSA) is 46.3 Å². The molecule has 1 fully saturated rings. The van der Waals surface area contributed by atoms with Crippen molar-refractivity contribution in [3.8, 4) is 0 Å². The van der Waals surface area contributed by atoms with Crippen molar-refractivity contribution >= 4 is 5.91 Å². The summed E-state index contributed by atoms with van der Waals surface area (Å²) in [6.45, 7) is 8.60. The number of rotatable bonds is 4. The molecule has 0 spiro atoms. The minimum absolute atomic E-state index is 0.159. The van der Waals surface area contributed by atoms with Gasteiger partial charge in [0, 0.05) is 19.1 Å². The lowest BCUT2D eigenvalue weighted by molar-refractivity contribution is -0.143. The summed E-state index contributed by atoms with van der Waals surface area (Å²) < 4.78 is 0. The largest absolute Gasteiger partial charge is 0.345 e. The highest BCUT2D eigenvalue weighted by Gasteiger charge is 2.42. The fourth-order valence-electron chi connectivity index (χ4n) is 1.90. The summed E-state index contributed by atoms with van der Waals surface area (Å²) in [5, 5.41) is 0. The normalized spacial score (nSPS) is 18.1. The molecule has 3 nitrogen and oxygen atoms in total. The summed E-state index contributed by atoms with van der Waals surface area (Å²) in [4.78, 5) is 14.2. The van der Waals surface area contributed by atoms with Crippen LogP contribution in [0.2, 0.25) is 0 Å². The molecular formula is C13H26N2O. The molecule has 1 aliphatic rings. The molecule has 1 amide bonds. The lowest BCUT2D eigenvalue weighted by Crippen LogP contribution is -2.56. The van der Waals surface area contributed by atoms with E-state index < -0.39 is 11.0 Å². The van der Waals surface area contributed by atoms with Crippen molar-refractivity contribution in [3.63, 3.8) is 0 Å². The van der Waals surface area contributed by atoms with E-state index in [1.54, 1.807) is 0 Å². The molecule has 0 bridgehead atoms. The molecule has 1 rings (SSSR count). The molecule has 0 saturated heterocycles. The number of amides is 1.